The lowest BCUT2D eigenvalue weighted by Crippen LogP contribution is -2.24. The molecule has 0 spiro atoms. The highest BCUT2D eigenvalue weighted by Gasteiger charge is 2.30. The third-order valence-corrected chi connectivity index (χ3v) is 5.40. The number of hydrogen-bond acceptors (Lipinski definition) is 6. The number of nitrogens with zero attached hydrogens (tertiary/aromatic N) is 2. The number of alkyl halides is 3. The number of fused-ring (bicyclic) bond motifs is 1. The van der Waals surface area contributed by atoms with E-state index in [1.165, 1.54) is 17.7 Å². The molecule has 0 atom stereocenters. The van der Waals surface area contributed by atoms with Gasteiger partial charge in [-0.15, -0.1) is 22.6 Å². The Balaban J connectivity index is 0.00000272. The SMILES string of the molecule is Cl.O=C(Nc1nnc(COc2ccc(C(F)(F)F)cc2)s1)c1ccc2c(c1)CCNC2. The molecule has 2 heterocycles. The predicted octanol–water partition coefficient (Wildman–Crippen LogP) is 4.46. The van der Waals surface area contributed by atoms with E-state index in [-0.39, 0.29) is 30.7 Å². The number of anilines is 1. The van der Waals surface area contributed by atoms with Gasteiger partial charge in [0.1, 0.15) is 12.4 Å². The highest BCUT2D eigenvalue weighted by molar-refractivity contribution is 7.15. The summed E-state index contributed by atoms with van der Waals surface area (Å²) in [6.45, 7) is 1.72. The van der Waals surface area contributed by atoms with Gasteiger partial charge in [0.2, 0.25) is 5.13 Å². The summed E-state index contributed by atoms with van der Waals surface area (Å²) in [4.78, 5) is 12.5. The molecule has 1 aliphatic heterocycles. The number of amides is 1. The smallest absolute Gasteiger partial charge is 0.416 e. The maximum Gasteiger partial charge on any atom is 0.416 e. The molecule has 0 radical (unpaired) electrons. The van der Waals surface area contributed by atoms with Crippen LogP contribution in [0.5, 0.6) is 5.75 Å². The van der Waals surface area contributed by atoms with Crippen LogP contribution in [-0.4, -0.2) is 22.6 Å². The van der Waals surface area contributed by atoms with Gasteiger partial charge in [-0.1, -0.05) is 17.4 Å². The molecule has 0 saturated carbocycles. The number of rotatable bonds is 5. The van der Waals surface area contributed by atoms with E-state index in [4.69, 9.17) is 4.74 Å². The van der Waals surface area contributed by atoms with Gasteiger partial charge in [-0.2, -0.15) is 13.2 Å². The van der Waals surface area contributed by atoms with E-state index in [1.54, 1.807) is 6.07 Å². The lowest BCUT2D eigenvalue weighted by Gasteiger charge is -2.17. The molecule has 0 saturated heterocycles. The second-order valence-electron chi connectivity index (χ2n) is 6.68. The zero-order chi connectivity index (χ0) is 21.1. The molecule has 0 bridgehead atoms. The summed E-state index contributed by atoms with van der Waals surface area (Å²) in [5.74, 6) is 0.00928. The fourth-order valence-corrected chi connectivity index (χ4v) is 3.68. The molecular formula is C20H18ClF3N4O2S. The van der Waals surface area contributed by atoms with Crippen LogP contribution in [0.4, 0.5) is 18.3 Å². The van der Waals surface area contributed by atoms with Crippen LogP contribution in [0.1, 0.15) is 32.1 Å². The van der Waals surface area contributed by atoms with Crippen molar-refractivity contribution in [2.24, 2.45) is 0 Å². The van der Waals surface area contributed by atoms with Crippen molar-refractivity contribution >= 4 is 34.8 Å². The molecule has 4 rings (SSSR count). The van der Waals surface area contributed by atoms with Gasteiger partial charge in [-0.25, -0.2) is 0 Å². The number of benzene rings is 2. The molecule has 3 aromatic rings. The average molecular weight is 471 g/mol. The molecule has 1 amide bonds. The third kappa shape index (κ3) is 5.72. The van der Waals surface area contributed by atoms with Crippen LogP contribution < -0.4 is 15.4 Å². The Hall–Kier alpha value is -2.69. The van der Waals surface area contributed by atoms with E-state index in [9.17, 15) is 18.0 Å². The molecule has 2 aromatic carbocycles. The van der Waals surface area contributed by atoms with E-state index in [0.29, 0.717) is 15.7 Å². The summed E-state index contributed by atoms with van der Waals surface area (Å²) >= 11 is 1.14. The first kappa shape index (κ1) is 23.0. The summed E-state index contributed by atoms with van der Waals surface area (Å²) in [6.07, 6.45) is -3.51. The van der Waals surface area contributed by atoms with E-state index < -0.39 is 11.7 Å². The Morgan fingerprint density at radius 2 is 1.90 bits per heavy atom. The lowest BCUT2D eigenvalue weighted by molar-refractivity contribution is -0.137. The molecule has 1 aliphatic rings. The van der Waals surface area contributed by atoms with Gasteiger partial charge >= 0.3 is 6.18 Å². The Kier molecular flexibility index (Phi) is 7.14. The van der Waals surface area contributed by atoms with E-state index in [0.717, 1.165) is 48.5 Å². The highest BCUT2D eigenvalue weighted by Crippen LogP contribution is 2.30. The molecule has 0 unspecified atom stereocenters. The molecule has 1 aromatic heterocycles. The first-order valence-electron chi connectivity index (χ1n) is 9.15. The van der Waals surface area contributed by atoms with Crippen LogP contribution in [0, 0.1) is 0 Å². The van der Waals surface area contributed by atoms with Crippen molar-refractivity contribution in [3.8, 4) is 5.75 Å². The van der Waals surface area contributed by atoms with Crippen LogP contribution in [0.2, 0.25) is 0 Å². The maximum absolute atomic E-state index is 12.6. The maximum atomic E-state index is 12.6. The largest absolute Gasteiger partial charge is 0.486 e. The molecule has 164 valence electrons. The second-order valence-corrected chi connectivity index (χ2v) is 7.74. The predicted molar refractivity (Wildman–Crippen MR) is 113 cm³/mol. The number of aromatic nitrogens is 2. The Morgan fingerprint density at radius 1 is 1.13 bits per heavy atom. The van der Waals surface area contributed by atoms with Crippen LogP contribution in [0.25, 0.3) is 0 Å². The van der Waals surface area contributed by atoms with Crippen LogP contribution in [0.3, 0.4) is 0 Å². The first-order valence-corrected chi connectivity index (χ1v) is 9.96. The van der Waals surface area contributed by atoms with E-state index >= 15 is 0 Å². The van der Waals surface area contributed by atoms with Gasteiger partial charge in [-0.3, -0.25) is 10.1 Å². The van der Waals surface area contributed by atoms with Crippen LogP contribution >= 0.6 is 23.7 Å². The summed E-state index contributed by atoms with van der Waals surface area (Å²) in [6, 6.07) is 10.0. The van der Waals surface area contributed by atoms with Gasteiger partial charge in [0.15, 0.2) is 5.01 Å². The Morgan fingerprint density at radius 3 is 2.65 bits per heavy atom. The molecule has 0 fully saturated rings. The minimum atomic E-state index is -4.39. The van der Waals surface area contributed by atoms with Gasteiger partial charge in [0.25, 0.3) is 5.91 Å². The highest BCUT2D eigenvalue weighted by atomic mass is 35.5. The Labute approximate surface area is 186 Å². The van der Waals surface area contributed by atoms with Crippen molar-refractivity contribution in [3.05, 3.63) is 69.7 Å². The van der Waals surface area contributed by atoms with Crippen molar-refractivity contribution in [2.75, 3.05) is 11.9 Å². The topological polar surface area (TPSA) is 76.1 Å². The van der Waals surface area contributed by atoms with Crippen LogP contribution in [-0.2, 0) is 25.7 Å². The quantitative estimate of drug-likeness (QED) is 0.576. The number of hydrogen-bond donors (Lipinski definition) is 2. The first-order chi connectivity index (χ1) is 14.4. The van der Waals surface area contributed by atoms with Crippen molar-refractivity contribution < 1.29 is 22.7 Å². The number of halogens is 4. The van der Waals surface area contributed by atoms with Crippen molar-refractivity contribution in [1.29, 1.82) is 0 Å². The van der Waals surface area contributed by atoms with E-state index in [1.807, 2.05) is 12.1 Å². The third-order valence-electron chi connectivity index (χ3n) is 4.59. The van der Waals surface area contributed by atoms with Gasteiger partial charge in [-0.05, 0) is 60.5 Å². The minimum Gasteiger partial charge on any atom is -0.486 e. The number of nitrogens with one attached hydrogen (secondary N) is 2. The number of ether oxygens (including phenoxy) is 1. The van der Waals surface area contributed by atoms with Crippen molar-refractivity contribution in [1.82, 2.24) is 15.5 Å². The molecule has 11 heteroatoms. The molecule has 2 N–H and O–H groups in total. The van der Waals surface area contributed by atoms with Crippen LogP contribution in [0.15, 0.2) is 42.5 Å². The second kappa shape index (κ2) is 9.63. The van der Waals surface area contributed by atoms with Gasteiger partial charge < -0.3 is 10.1 Å². The van der Waals surface area contributed by atoms with Gasteiger partial charge in [0, 0.05) is 12.1 Å². The normalized spacial score (nSPS) is 13.1. The minimum absolute atomic E-state index is 0. The molecule has 0 aliphatic carbocycles. The fourth-order valence-electron chi connectivity index (χ4n) is 3.04. The molecule has 31 heavy (non-hydrogen) atoms. The summed E-state index contributed by atoms with van der Waals surface area (Å²) in [5.41, 5.74) is 2.16. The standard InChI is InChI=1S/C20H17F3N4O2S.ClH/c21-20(22,23)15-3-5-16(6-4-15)29-11-17-26-27-19(30-17)25-18(28)13-1-2-14-10-24-8-7-12(14)9-13;/h1-6,9,24H,7-8,10-11H2,(H,25,27,28);1H. The number of carbonyl (C=O) groups excluding carboxylic acids is 1. The zero-order valence-corrected chi connectivity index (χ0v) is 17.7. The summed E-state index contributed by atoms with van der Waals surface area (Å²) < 4.78 is 43.2. The average Bonchev–Trinajstić information content (AvgIpc) is 3.19. The monoisotopic (exact) mass is 470 g/mol. The van der Waals surface area contributed by atoms with Gasteiger partial charge in [0.05, 0.1) is 5.56 Å². The number of carbonyl (C=O) groups is 1. The van der Waals surface area contributed by atoms with Crippen molar-refractivity contribution in [3.63, 3.8) is 0 Å². The van der Waals surface area contributed by atoms with Crippen molar-refractivity contribution in [2.45, 2.75) is 25.7 Å². The zero-order valence-electron chi connectivity index (χ0n) is 16.0. The fraction of sp³-hybridized carbons (Fsp3) is 0.250. The lowest BCUT2D eigenvalue weighted by atomic mass is 9.98. The molecular weight excluding hydrogens is 453 g/mol. The Bertz CT molecular complexity index is 1060. The summed E-state index contributed by atoms with van der Waals surface area (Å²) in [7, 11) is 0. The summed E-state index contributed by atoms with van der Waals surface area (Å²) in [5, 5.41) is 14.7. The van der Waals surface area contributed by atoms with E-state index in [2.05, 4.69) is 20.8 Å². The molecule has 6 nitrogen and oxygen atoms in total.